The van der Waals surface area contributed by atoms with Gasteiger partial charge in [0, 0.05) is 24.0 Å². The molecule has 0 aliphatic rings. The van der Waals surface area contributed by atoms with Gasteiger partial charge in [0.2, 0.25) is 5.91 Å². The van der Waals surface area contributed by atoms with E-state index in [1.54, 1.807) is 37.3 Å². The highest BCUT2D eigenvalue weighted by atomic mass is 35.5. The average Bonchev–Trinajstić information content (AvgIpc) is 2.63. The minimum atomic E-state index is -4.62. The molecule has 3 amide bonds. The number of carbonyl (C=O) groups is 2. The highest BCUT2D eigenvalue weighted by molar-refractivity contribution is 6.31. The third kappa shape index (κ3) is 5.75. The van der Waals surface area contributed by atoms with Crippen LogP contribution in [0, 0.1) is 0 Å². The van der Waals surface area contributed by atoms with Crippen LogP contribution in [0.25, 0.3) is 6.08 Å². The van der Waals surface area contributed by atoms with E-state index in [-0.39, 0.29) is 11.6 Å². The Labute approximate surface area is 164 Å². The summed E-state index contributed by atoms with van der Waals surface area (Å²) in [5.41, 5.74) is 0.616. The minimum Gasteiger partial charge on any atom is -0.355 e. The maximum absolute atomic E-state index is 12.9. The van der Waals surface area contributed by atoms with Crippen LogP contribution in [0.15, 0.2) is 48.0 Å². The molecule has 0 saturated heterocycles. The van der Waals surface area contributed by atoms with Gasteiger partial charge in [0.25, 0.3) is 0 Å². The highest BCUT2D eigenvalue weighted by Crippen LogP contribution is 2.36. The minimum absolute atomic E-state index is 0.0463. The molecular formula is C19H17ClF3N3O2. The number of likely N-dealkylation sites (N-methyl/N-ethyl adjacent to an activating group) is 1. The fraction of sp³-hybridized carbons (Fsp3) is 0.158. The highest BCUT2D eigenvalue weighted by Gasteiger charge is 2.33. The summed E-state index contributed by atoms with van der Waals surface area (Å²) in [6.07, 6.45) is -2.95. The Morgan fingerprint density at radius 1 is 1.00 bits per heavy atom. The number of carbonyl (C=O) groups excluding carboxylic acids is 2. The summed E-state index contributed by atoms with van der Waals surface area (Å²) >= 11 is 5.55. The molecule has 0 unspecified atom stereocenters. The molecule has 3 N–H and O–H groups in total. The van der Waals surface area contributed by atoms with Crippen molar-refractivity contribution in [3.63, 3.8) is 0 Å². The fourth-order valence-corrected chi connectivity index (χ4v) is 2.51. The second kappa shape index (κ2) is 8.79. The van der Waals surface area contributed by atoms with Gasteiger partial charge in [0.05, 0.1) is 10.6 Å². The zero-order chi connectivity index (χ0) is 20.9. The number of nitrogens with one attached hydrogen (secondary N) is 3. The molecule has 9 heteroatoms. The van der Waals surface area contributed by atoms with Crippen LogP contribution in [0.1, 0.15) is 18.1 Å². The van der Waals surface area contributed by atoms with Gasteiger partial charge in [-0.05, 0) is 48.9 Å². The van der Waals surface area contributed by atoms with Crippen molar-refractivity contribution in [1.29, 1.82) is 0 Å². The molecule has 148 valence electrons. The molecule has 0 aliphatic carbocycles. The molecule has 28 heavy (non-hydrogen) atoms. The van der Waals surface area contributed by atoms with Crippen molar-refractivity contribution in [1.82, 2.24) is 5.32 Å². The Hall–Kier alpha value is -3.00. The Balaban J connectivity index is 2.05. The summed E-state index contributed by atoms with van der Waals surface area (Å²) in [5, 5.41) is 6.90. The first kappa shape index (κ1) is 21.3. The quantitative estimate of drug-likeness (QED) is 0.609. The molecule has 2 aromatic rings. The Bertz CT molecular complexity index is 910. The Kier molecular flexibility index (Phi) is 6.69. The first-order chi connectivity index (χ1) is 13.1. The summed E-state index contributed by atoms with van der Waals surface area (Å²) in [6, 6.07) is 8.97. The molecule has 2 aromatic carbocycles. The van der Waals surface area contributed by atoms with E-state index in [0.717, 1.165) is 17.7 Å². The van der Waals surface area contributed by atoms with Crippen LogP contribution >= 0.6 is 11.6 Å². The van der Waals surface area contributed by atoms with E-state index in [1.165, 1.54) is 13.1 Å². The number of rotatable bonds is 4. The smallest absolute Gasteiger partial charge is 0.355 e. The molecule has 0 saturated carbocycles. The molecule has 5 nitrogen and oxygen atoms in total. The largest absolute Gasteiger partial charge is 0.417 e. The zero-order valence-electron chi connectivity index (χ0n) is 14.9. The Morgan fingerprint density at radius 3 is 2.14 bits per heavy atom. The van der Waals surface area contributed by atoms with E-state index in [4.69, 9.17) is 11.6 Å². The number of hydrogen-bond acceptors (Lipinski definition) is 2. The van der Waals surface area contributed by atoms with E-state index in [1.807, 2.05) is 0 Å². The number of alkyl halides is 3. The van der Waals surface area contributed by atoms with E-state index in [0.29, 0.717) is 11.3 Å². The fourth-order valence-electron chi connectivity index (χ4n) is 2.29. The molecule has 0 bridgehead atoms. The molecule has 0 aromatic heterocycles. The number of urea groups is 1. The lowest BCUT2D eigenvalue weighted by Gasteiger charge is -2.12. The van der Waals surface area contributed by atoms with Crippen molar-refractivity contribution < 1.29 is 22.8 Å². The van der Waals surface area contributed by atoms with Gasteiger partial charge in [-0.15, -0.1) is 0 Å². The van der Waals surface area contributed by atoms with Crippen LogP contribution in [0.4, 0.5) is 29.3 Å². The molecule has 2 rings (SSSR count). The van der Waals surface area contributed by atoms with Crippen LogP contribution in [0.3, 0.4) is 0 Å². The summed E-state index contributed by atoms with van der Waals surface area (Å²) < 4.78 is 38.6. The summed E-state index contributed by atoms with van der Waals surface area (Å²) in [5.74, 6) is -0.206. The monoisotopic (exact) mass is 411 g/mol. The van der Waals surface area contributed by atoms with Crippen LogP contribution in [-0.2, 0) is 11.0 Å². The van der Waals surface area contributed by atoms with Gasteiger partial charge in [-0.1, -0.05) is 23.7 Å². The van der Waals surface area contributed by atoms with Gasteiger partial charge in [-0.3, -0.25) is 4.79 Å². The van der Waals surface area contributed by atoms with Gasteiger partial charge < -0.3 is 16.0 Å². The molecule has 0 heterocycles. The van der Waals surface area contributed by atoms with Crippen LogP contribution < -0.4 is 16.0 Å². The summed E-state index contributed by atoms with van der Waals surface area (Å²) in [4.78, 5) is 23.5. The van der Waals surface area contributed by atoms with E-state index in [2.05, 4.69) is 16.0 Å². The third-order valence-electron chi connectivity index (χ3n) is 3.67. The second-order valence-corrected chi connectivity index (χ2v) is 6.21. The van der Waals surface area contributed by atoms with Gasteiger partial charge in [0.1, 0.15) is 0 Å². The SMILES string of the molecule is CNC(=O)/C(C)=C/c1ccc(NC(=O)Nc2ccc(Cl)c(C(F)(F)F)c2)cc1. The van der Waals surface area contributed by atoms with Crippen molar-refractivity contribution in [2.24, 2.45) is 0 Å². The number of amides is 3. The standard InChI is InChI=1S/C19H17ClF3N3O2/c1-11(17(27)24-2)9-12-3-5-13(6-4-12)25-18(28)26-14-7-8-16(20)15(10-14)19(21,22)23/h3-10H,1-2H3,(H,24,27)(H2,25,26,28)/b11-9+. The first-order valence-electron chi connectivity index (χ1n) is 8.05. The van der Waals surface area contributed by atoms with Gasteiger partial charge >= 0.3 is 12.2 Å². The lowest BCUT2D eigenvalue weighted by molar-refractivity contribution is -0.137. The van der Waals surface area contributed by atoms with Crippen LogP contribution in [0.5, 0.6) is 0 Å². The topological polar surface area (TPSA) is 70.2 Å². The number of halogens is 4. The van der Waals surface area contributed by atoms with Crippen molar-refractivity contribution in [3.05, 3.63) is 64.2 Å². The Morgan fingerprint density at radius 2 is 1.57 bits per heavy atom. The van der Waals surface area contributed by atoms with Gasteiger partial charge in [-0.25, -0.2) is 4.79 Å². The second-order valence-electron chi connectivity index (χ2n) is 5.80. The van der Waals surface area contributed by atoms with E-state index >= 15 is 0 Å². The normalized spacial score (nSPS) is 11.7. The van der Waals surface area contributed by atoms with Crippen molar-refractivity contribution >= 4 is 41.0 Å². The third-order valence-corrected chi connectivity index (χ3v) is 4.00. The van der Waals surface area contributed by atoms with Crippen molar-refractivity contribution in [2.45, 2.75) is 13.1 Å². The maximum atomic E-state index is 12.9. The van der Waals surface area contributed by atoms with Crippen LogP contribution in [-0.4, -0.2) is 19.0 Å². The lowest BCUT2D eigenvalue weighted by Crippen LogP contribution is -2.20. The maximum Gasteiger partial charge on any atom is 0.417 e. The van der Waals surface area contributed by atoms with Crippen LogP contribution in [0.2, 0.25) is 5.02 Å². The van der Waals surface area contributed by atoms with E-state index < -0.39 is 22.8 Å². The molecule has 0 atom stereocenters. The van der Waals surface area contributed by atoms with Crippen molar-refractivity contribution in [3.8, 4) is 0 Å². The number of anilines is 2. The molecular weight excluding hydrogens is 395 g/mol. The number of hydrogen-bond donors (Lipinski definition) is 3. The average molecular weight is 412 g/mol. The molecule has 0 spiro atoms. The summed E-state index contributed by atoms with van der Waals surface area (Å²) in [7, 11) is 1.53. The zero-order valence-corrected chi connectivity index (χ0v) is 15.7. The lowest BCUT2D eigenvalue weighted by atomic mass is 10.1. The number of benzene rings is 2. The molecule has 0 radical (unpaired) electrons. The van der Waals surface area contributed by atoms with Gasteiger partial charge in [-0.2, -0.15) is 13.2 Å². The predicted octanol–water partition coefficient (Wildman–Crippen LogP) is 5.15. The van der Waals surface area contributed by atoms with Gasteiger partial charge in [0.15, 0.2) is 0 Å². The van der Waals surface area contributed by atoms with E-state index in [9.17, 15) is 22.8 Å². The predicted molar refractivity (Wildman–Crippen MR) is 103 cm³/mol. The molecule has 0 aliphatic heterocycles. The van der Waals surface area contributed by atoms with Crippen molar-refractivity contribution in [2.75, 3.05) is 17.7 Å². The summed E-state index contributed by atoms with van der Waals surface area (Å²) in [6.45, 7) is 1.67. The molecule has 0 fully saturated rings. The first-order valence-corrected chi connectivity index (χ1v) is 8.43.